The number of nitrogens with one attached hydrogen (secondary N) is 2. The molecule has 3 rings (SSSR count). The van der Waals surface area contributed by atoms with Crippen molar-refractivity contribution < 1.29 is 0 Å². The highest BCUT2D eigenvalue weighted by Crippen LogP contribution is 2.11. The number of thiazole rings is 1. The topological polar surface area (TPSA) is 119 Å². The molecule has 0 saturated heterocycles. The number of rotatable bonds is 5. The van der Waals surface area contributed by atoms with E-state index >= 15 is 0 Å². The van der Waals surface area contributed by atoms with Crippen LogP contribution in [0.2, 0.25) is 0 Å². The molecular weight excluding hydrogens is 278 g/mol. The number of nitrogens with two attached hydrogens (primary N) is 1. The van der Waals surface area contributed by atoms with Gasteiger partial charge in [0, 0.05) is 23.5 Å². The maximum Gasteiger partial charge on any atom is 0.243 e. The van der Waals surface area contributed by atoms with Crippen LogP contribution in [-0.2, 0) is 6.54 Å². The van der Waals surface area contributed by atoms with Crippen molar-refractivity contribution in [3.05, 3.63) is 35.3 Å². The molecule has 20 heavy (non-hydrogen) atoms. The SMILES string of the molecule is NNc1nc(NCc2cncs2)nc(-n2ccnc2)n1. The molecule has 0 spiro atoms. The Morgan fingerprint density at radius 3 is 2.80 bits per heavy atom. The smallest absolute Gasteiger partial charge is 0.243 e. The molecule has 3 aromatic heterocycles. The van der Waals surface area contributed by atoms with Gasteiger partial charge in [-0.25, -0.2) is 10.8 Å². The Morgan fingerprint density at radius 2 is 2.10 bits per heavy atom. The molecule has 3 aromatic rings. The van der Waals surface area contributed by atoms with E-state index in [1.807, 2.05) is 0 Å². The number of hydrogen-bond donors (Lipinski definition) is 3. The summed E-state index contributed by atoms with van der Waals surface area (Å²) in [6.45, 7) is 0.585. The standard InChI is InChI=1S/C10H11N9S/c11-18-9-15-8(14-4-7-3-13-6-20-7)16-10(17-9)19-2-1-12-5-19/h1-3,5-6H,4,11H2,(H2,14,15,16,17,18). The molecule has 0 unspecified atom stereocenters. The summed E-state index contributed by atoms with van der Waals surface area (Å²) in [4.78, 5) is 21.6. The second kappa shape index (κ2) is 5.59. The predicted molar refractivity (Wildman–Crippen MR) is 74.2 cm³/mol. The van der Waals surface area contributed by atoms with Crippen molar-refractivity contribution in [1.29, 1.82) is 0 Å². The second-order valence-electron chi connectivity index (χ2n) is 3.72. The molecule has 9 nitrogen and oxygen atoms in total. The minimum atomic E-state index is 0.274. The first-order valence-corrected chi connectivity index (χ1v) is 6.55. The van der Waals surface area contributed by atoms with Gasteiger partial charge < -0.3 is 5.32 Å². The van der Waals surface area contributed by atoms with E-state index in [-0.39, 0.29) is 5.95 Å². The van der Waals surface area contributed by atoms with Crippen molar-refractivity contribution in [1.82, 2.24) is 29.5 Å². The van der Waals surface area contributed by atoms with Crippen molar-refractivity contribution in [3.63, 3.8) is 0 Å². The highest BCUT2D eigenvalue weighted by atomic mass is 32.1. The Bertz CT molecular complexity index is 664. The normalized spacial score (nSPS) is 10.4. The third-order valence-electron chi connectivity index (χ3n) is 2.39. The first kappa shape index (κ1) is 12.4. The van der Waals surface area contributed by atoms with E-state index in [0.717, 1.165) is 4.88 Å². The van der Waals surface area contributed by atoms with Crippen molar-refractivity contribution in [2.45, 2.75) is 6.54 Å². The van der Waals surface area contributed by atoms with Crippen molar-refractivity contribution in [2.75, 3.05) is 10.7 Å². The maximum atomic E-state index is 5.37. The van der Waals surface area contributed by atoms with Gasteiger partial charge in [-0.15, -0.1) is 11.3 Å². The highest BCUT2D eigenvalue weighted by molar-refractivity contribution is 7.09. The Hall–Kier alpha value is -2.59. The van der Waals surface area contributed by atoms with Crippen molar-refractivity contribution >= 4 is 23.2 Å². The number of nitrogen functional groups attached to an aromatic ring is 1. The van der Waals surface area contributed by atoms with Crippen LogP contribution < -0.4 is 16.6 Å². The number of anilines is 2. The molecule has 0 amide bonds. The van der Waals surface area contributed by atoms with Gasteiger partial charge in [-0.3, -0.25) is 15.0 Å². The van der Waals surface area contributed by atoms with Gasteiger partial charge in [0.15, 0.2) is 0 Å². The summed E-state index contributed by atoms with van der Waals surface area (Å²) in [5.74, 6) is 6.49. The molecule has 0 aliphatic rings. The molecule has 3 heterocycles. The van der Waals surface area contributed by atoms with Gasteiger partial charge in [-0.2, -0.15) is 15.0 Å². The van der Waals surface area contributed by atoms with Crippen molar-refractivity contribution in [3.8, 4) is 5.95 Å². The Morgan fingerprint density at radius 1 is 1.20 bits per heavy atom. The average molecular weight is 289 g/mol. The zero-order valence-electron chi connectivity index (χ0n) is 10.3. The number of nitrogens with zero attached hydrogens (tertiary/aromatic N) is 6. The summed E-state index contributed by atoms with van der Waals surface area (Å²) in [5.41, 5.74) is 4.19. The van der Waals surface area contributed by atoms with E-state index in [1.165, 1.54) is 0 Å². The van der Waals surface area contributed by atoms with Gasteiger partial charge in [0.25, 0.3) is 0 Å². The van der Waals surface area contributed by atoms with E-state index < -0.39 is 0 Å². The minimum absolute atomic E-state index is 0.274. The van der Waals surface area contributed by atoms with E-state index in [1.54, 1.807) is 46.3 Å². The van der Waals surface area contributed by atoms with Gasteiger partial charge in [0.1, 0.15) is 6.33 Å². The number of hydrogen-bond acceptors (Lipinski definition) is 9. The fraction of sp³-hybridized carbons (Fsp3) is 0.100. The third kappa shape index (κ3) is 2.70. The van der Waals surface area contributed by atoms with Gasteiger partial charge in [0.05, 0.1) is 12.1 Å². The van der Waals surface area contributed by atoms with Gasteiger partial charge in [0.2, 0.25) is 17.8 Å². The number of aromatic nitrogens is 6. The van der Waals surface area contributed by atoms with Gasteiger partial charge in [-0.1, -0.05) is 0 Å². The molecule has 0 aliphatic heterocycles. The summed E-state index contributed by atoms with van der Waals surface area (Å²) >= 11 is 1.55. The summed E-state index contributed by atoms with van der Waals surface area (Å²) in [6, 6.07) is 0. The van der Waals surface area contributed by atoms with Crippen LogP contribution in [0.1, 0.15) is 4.88 Å². The van der Waals surface area contributed by atoms with Crippen LogP contribution in [0, 0.1) is 0 Å². The van der Waals surface area contributed by atoms with E-state index in [9.17, 15) is 0 Å². The molecule has 0 fully saturated rings. The lowest BCUT2D eigenvalue weighted by Gasteiger charge is -2.07. The fourth-order valence-corrected chi connectivity index (χ4v) is 2.03. The number of imidazole rings is 1. The van der Waals surface area contributed by atoms with E-state index in [4.69, 9.17) is 5.84 Å². The molecule has 0 aliphatic carbocycles. The lowest BCUT2D eigenvalue weighted by molar-refractivity contribution is 0.889. The second-order valence-corrected chi connectivity index (χ2v) is 4.69. The van der Waals surface area contributed by atoms with Crippen LogP contribution in [0.25, 0.3) is 5.95 Å². The zero-order valence-corrected chi connectivity index (χ0v) is 11.1. The molecule has 10 heteroatoms. The Kier molecular flexibility index (Phi) is 3.48. The predicted octanol–water partition coefficient (Wildman–Crippen LogP) is 0.411. The fourth-order valence-electron chi connectivity index (χ4n) is 1.50. The average Bonchev–Trinajstić information content (AvgIpc) is 3.17. The summed E-state index contributed by atoms with van der Waals surface area (Å²) in [7, 11) is 0. The van der Waals surface area contributed by atoms with Crippen LogP contribution in [0.5, 0.6) is 0 Å². The quantitative estimate of drug-likeness (QED) is 0.456. The lowest BCUT2D eigenvalue weighted by atomic mass is 10.5. The molecule has 0 radical (unpaired) electrons. The number of hydrazine groups is 1. The molecule has 0 aromatic carbocycles. The Labute approximate surface area is 117 Å². The molecule has 0 atom stereocenters. The first-order chi connectivity index (χ1) is 9.85. The van der Waals surface area contributed by atoms with Crippen LogP contribution >= 0.6 is 11.3 Å². The lowest BCUT2D eigenvalue weighted by Crippen LogP contribution is -2.15. The zero-order chi connectivity index (χ0) is 13.8. The summed E-state index contributed by atoms with van der Waals surface area (Å²) in [6.07, 6.45) is 6.77. The van der Waals surface area contributed by atoms with Crippen molar-refractivity contribution in [2.24, 2.45) is 5.84 Å². The van der Waals surface area contributed by atoms with Crippen LogP contribution in [-0.4, -0.2) is 29.5 Å². The monoisotopic (exact) mass is 289 g/mol. The molecule has 4 N–H and O–H groups in total. The van der Waals surface area contributed by atoms with E-state index in [0.29, 0.717) is 18.4 Å². The highest BCUT2D eigenvalue weighted by Gasteiger charge is 2.07. The first-order valence-electron chi connectivity index (χ1n) is 5.67. The van der Waals surface area contributed by atoms with E-state index in [2.05, 4.69) is 35.7 Å². The molecular formula is C10H11N9S. The summed E-state index contributed by atoms with van der Waals surface area (Å²) < 4.78 is 1.67. The van der Waals surface area contributed by atoms with Crippen LogP contribution in [0.4, 0.5) is 11.9 Å². The third-order valence-corrected chi connectivity index (χ3v) is 3.17. The van der Waals surface area contributed by atoms with Crippen LogP contribution in [0.3, 0.4) is 0 Å². The summed E-state index contributed by atoms with van der Waals surface area (Å²) in [5, 5.41) is 3.10. The molecule has 0 saturated carbocycles. The molecule has 102 valence electrons. The van der Waals surface area contributed by atoms with Gasteiger partial charge in [-0.05, 0) is 0 Å². The van der Waals surface area contributed by atoms with Gasteiger partial charge >= 0.3 is 0 Å². The van der Waals surface area contributed by atoms with Crippen LogP contribution in [0.15, 0.2) is 30.4 Å². The largest absolute Gasteiger partial charge is 0.349 e. The molecule has 0 bridgehead atoms. The minimum Gasteiger partial charge on any atom is -0.349 e. The maximum absolute atomic E-state index is 5.37. The Balaban J connectivity index is 1.84.